The molecule has 0 aliphatic carbocycles. The molecule has 134 valence electrons. The minimum absolute atomic E-state index is 0.0982. The van der Waals surface area contributed by atoms with Crippen molar-refractivity contribution in [1.29, 1.82) is 0 Å². The Kier molecular flexibility index (Phi) is 5.81. The summed E-state index contributed by atoms with van der Waals surface area (Å²) in [5.74, 6) is -0.0982. The van der Waals surface area contributed by atoms with Gasteiger partial charge < -0.3 is 14.6 Å². The number of rotatable bonds is 7. The predicted molar refractivity (Wildman–Crippen MR) is 102 cm³/mol. The van der Waals surface area contributed by atoms with E-state index in [0.29, 0.717) is 25.3 Å². The molecule has 0 saturated carbocycles. The molecule has 0 spiro atoms. The highest BCUT2D eigenvalue weighted by atomic mass is 16.5. The van der Waals surface area contributed by atoms with E-state index in [4.69, 9.17) is 4.74 Å². The third kappa shape index (κ3) is 4.37. The molecule has 0 radical (unpaired) electrons. The molecule has 3 rings (SSSR count). The van der Waals surface area contributed by atoms with Gasteiger partial charge in [-0.25, -0.2) is 4.98 Å². The van der Waals surface area contributed by atoms with Crippen LogP contribution in [0.25, 0.3) is 11.1 Å². The van der Waals surface area contributed by atoms with Crippen LogP contribution >= 0.6 is 0 Å². The summed E-state index contributed by atoms with van der Waals surface area (Å²) in [6.45, 7) is 3.81. The van der Waals surface area contributed by atoms with Gasteiger partial charge >= 0.3 is 0 Å². The molecule has 0 atom stereocenters. The van der Waals surface area contributed by atoms with E-state index in [9.17, 15) is 4.79 Å². The van der Waals surface area contributed by atoms with Crippen molar-refractivity contribution < 1.29 is 9.53 Å². The molecule has 3 aromatic rings. The van der Waals surface area contributed by atoms with E-state index in [1.165, 1.54) is 5.56 Å². The largest absolute Gasteiger partial charge is 0.383 e. The zero-order valence-corrected chi connectivity index (χ0v) is 15.1. The highest BCUT2D eigenvalue weighted by Crippen LogP contribution is 2.21. The van der Waals surface area contributed by atoms with Gasteiger partial charge in [-0.2, -0.15) is 0 Å². The Morgan fingerprint density at radius 1 is 1.15 bits per heavy atom. The Hall–Kier alpha value is -2.92. The first kappa shape index (κ1) is 17.9. The van der Waals surface area contributed by atoms with Crippen LogP contribution in [-0.4, -0.2) is 29.2 Å². The monoisotopic (exact) mass is 349 g/mol. The first-order valence-electron chi connectivity index (χ1n) is 8.60. The molecule has 2 aromatic carbocycles. The number of aromatic nitrogens is 2. The molecule has 0 bridgehead atoms. The van der Waals surface area contributed by atoms with Gasteiger partial charge in [0.15, 0.2) is 0 Å². The Balaban J connectivity index is 1.69. The molecule has 1 aromatic heterocycles. The minimum atomic E-state index is -0.0982. The highest BCUT2D eigenvalue weighted by Gasteiger charge is 2.09. The fourth-order valence-electron chi connectivity index (χ4n) is 2.82. The summed E-state index contributed by atoms with van der Waals surface area (Å²) in [5.41, 5.74) is 4.93. The molecular formula is C21H23N3O2. The van der Waals surface area contributed by atoms with Crippen LogP contribution in [0.3, 0.4) is 0 Å². The van der Waals surface area contributed by atoms with Crippen LogP contribution in [0.4, 0.5) is 0 Å². The number of benzene rings is 2. The lowest BCUT2D eigenvalue weighted by Gasteiger charge is -2.10. The van der Waals surface area contributed by atoms with Crippen molar-refractivity contribution in [2.24, 2.45) is 0 Å². The second kappa shape index (κ2) is 8.45. The van der Waals surface area contributed by atoms with Crippen molar-refractivity contribution in [2.75, 3.05) is 13.7 Å². The van der Waals surface area contributed by atoms with E-state index >= 15 is 0 Å². The number of imidazole rings is 1. The van der Waals surface area contributed by atoms with Crippen LogP contribution in [0, 0.1) is 6.92 Å². The van der Waals surface area contributed by atoms with Crippen molar-refractivity contribution in [1.82, 2.24) is 14.9 Å². The van der Waals surface area contributed by atoms with Gasteiger partial charge in [0.2, 0.25) is 0 Å². The van der Waals surface area contributed by atoms with Crippen molar-refractivity contribution in [3.8, 4) is 11.1 Å². The average molecular weight is 349 g/mol. The molecule has 0 saturated heterocycles. The summed E-state index contributed by atoms with van der Waals surface area (Å²) in [6.07, 6.45) is 3.51. The molecule has 0 fully saturated rings. The second-order valence-corrected chi connectivity index (χ2v) is 6.20. The molecule has 0 aliphatic heterocycles. The summed E-state index contributed by atoms with van der Waals surface area (Å²) in [5, 5.41) is 2.97. The number of ether oxygens (including phenoxy) is 1. The number of methoxy groups -OCH3 is 1. The molecular weight excluding hydrogens is 326 g/mol. The van der Waals surface area contributed by atoms with Crippen LogP contribution in [0.2, 0.25) is 0 Å². The van der Waals surface area contributed by atoms with Gasteiger partial charge in [0, 0.05) is 25.4 Å². The maximum Gasteiger partial charge on any atom is 0.251 e. The standard InChI is InChI=1S/C21H23N3O2/c1-16-5-3-6-17(11-16)18-7-4-8-19(12-18)21(25)23-14-20-13-22-15-24(20)9-10-26-2/h3-8,11-13,15H,9-10,14H2,1-2H3,(H,23,25). The lowest BCUT2D eigenvalue weighted by molar-refractivity contribution is 0.0950. The molecule has 26 heavy (non-hydrogen) atoms. The summed E-state index contributed by atoms with van der Waals surface area (Å²) >= 11 is 0. The van der Waals surface area contributed by atoms with Crippen LogP contribution < -0.4 is 5.32 Å². The van der Waals surface area contributed by atoms with Crippen LogP contribution in [-0.2, 0) is 17.8 Å². The first-order valence-corrected chi connectivity index (χ1v) is 8.60. The lowest BCUT2D eigenvalue weighted by atomic mass is 10.0. The second-order valence-electron chi connectivity index (χ2n) is 6.20. The smallest absolute Gasteiger partial charge is 0.251 e. The number of hydrogen-bond donors (Lipinski definition) is 1. The van der Waals surface area contributed by atoms with Gasteiger partial charge in [-0.3, -0.25) is 4.79 Å². The Morgan fingerprint density at radius 3 is 2.69 bits per heavy atom. The van der Waals surface area contributed by atoms with Crippen LogP contribution in [0.15, 0.2) is 61.1 Å². The Labute approximate surface area is 153 Å². The number of amides is 1. The molecule has 1 N–H and O–H groups in total. The van der Waals surface area contributed by atoms with Crippen LogP contribution in [0.5, 0.6) is 0 Å². The number of nitrogens with zero attached hydrogens (tertiary/aromatic N) is 2. The van der Waals surface area contributed by atoms with E-state index in [-0.39, 0.29) is 5.91 Å². The average Bonchev–Trinajstić information content (AvgIpc) is 3.12. The molecule has 0 unspecified atom stereocenters. The normalized spacial score (nSPS) is 10.7. The summed E-state index contributed by atoms with van der Waals surface area (Å²) < 4.78 is 7.07. The van der Waals surface area contributed by atoms with E-state index in [1.807, 2.05) is 34.9 Å². The number of hydrogen-bond acceptors (Lipinski definition) is 3. The topological polar surface area (TPSA) is 56.1 Å². The molecule has 1 heterocycles. The molecule has 5 nitrogen and oxygen atoms in total. The Morgan fingerprint density at radius 2 is 1.92 bits per heavy atom. The third-order valence-corrected chi connectivity index (χ3v) is 4.24. The first-order chi connectivity index (χ1) is 12.7. The third-order valence-electron chi connectivity index (χ3n) is 4.24. The van der Waals surface area contributed by atoms with Crippen LogP contribution in [0.1, 0.15) is 21.6 Å². The van der Waals surface area contributed by atoms with Gasteiger partial charge in [-0.1, -0.05) is 42.0 Å². The van der Waals surface area contributed by atoms with Gasteiger partial charge in [-0.15, -0.1) is 0 Å². The quantitative estimate of drug-likeness (QED) is 0.711. The number of nitrogens with one attached hydrogen (secondary N) is 1. The Bertz CT molecular complexity index is 886. The molecule has 5 heteroatoms. The van der Waals surface area contributed by atoms with Crippen molar-refractivity contribution in [3.63, 3.8) is 0 Å². The number of carbonyl (C=O) groups is 1. The summed E-state index contributed by atoms with van der Waals surface area (Å²) in [6, 6.07) is 15.9. The van der Waals surface area contributed by atoms with E-state index in [1.54, 1.807) is 19.6 Å². The van der Waals surface area contributed by atoms with Gasteiger partial charge in [-0.05, 0) is 30.2 Å². The maximum absolute atomic E-state index is 12.6. The SMILES string of the molecule is COCCn1cncc1CNC(=O)c1cccc(-c2cccc(C)c2)c1. The number of carbonyl (C=O) groups excluding carboxylic acids is 1. The zero-order valence-electron chi connectivity index (χ0n) is 15.1. The van der Waals surface area contributed by atoms with E-state index in [0.717, 1.165) is 16.8 Å². The molecule has 0 aliphatic rings. The van der Waals surface area contributed by atoms with Crippen molar-refractivity contribution in [2.45, 2.75) is 20.0 Å². The summed E-state index contributed by atoms with van der Waals surface area (Å²) in [7, 11) is 1.67. The molecule has 1 amide bonds. The fourth-order valence-corrected chi connectivity index (χ4v) is 2.82. The number of aryl methyl sites for hydroxylation is 1. The van der Waals surface area contributed by atoms with Gasteiger partial charge in [0.05, 0.1) is 25.2 Å². The van der Waals surface area contributed by atoms with Gasteiger partial charge in [0.1, 0.15) is 0 Å². The van der Waals surface area contributed by atoms with E-state index < -0.39 is 0 Å². The summed E-state index contributed by atoms with van der Waals surface area (Å²) in [4.78, 5) is 16.7. The fraction of sp³-hybridized carbons (Fsp3) is 0.238. The highest BCUT2D eigenvalue weighted by molar-refractivity contribution is 5.95. The zero-order chi connectivity index (χ0) is 18.4. The van der Waals surface area contributed by atoms with Gasteiger partial charge in [0.25, 0.3) is 5.91 Å². The van der Waals surface area contributed by atoms with Crippen molar-refractivity contribution >= 4 is 5.91 Å². The lowest BCUT2D eigenvalue weighted by Crippen LogP contribution is -2.24. The maximum atomic E-state index is 12.6. The van der Waals surface area contributed by atoms with E-state index in [2.05, 4.69) is 35.4 Å². The predicted octanol–water partition coefficient (Wildman–Crippen LogP) is 3.43. The van der Waals surface area contributed by atoms with Crippen molar-refractivity contribution in [3.05, 3.63) is 77.9 Å². The minimum Gasteiger partial charge on any atom is -0.383 e.